The van der Waals surface area contributed by atoms with Gasteiger partial charge in [-0.2, -0.15) is 0 Å². The van der Waals surface area contributed by atoms with Gasteiger partial charge in [0, 0.05) is 26.2 Å². The smallest absolute Gasteiger partial charge is 0.128 e. The van der Waals surface area contributed by atoms with E-state index < -0.39 is 6.10 Å². The summed E-state index contributed by atoms with van der Waals surface area (Å²) in [6.45, 7) is 2.74. The second kappa shape index (κ2) is 8.39. The highest BCUT2D eigenvalue weighted by molar-refractivity contribution is 5.67. The van der Waals surface area contributed by atoms with Gasteiger partial charge in [-0.05, 0) is 47.0 Å². The molecule has 1 heterocycles. The van der Waals surface area contributed by atoms with Gasteiger partial charge in [-0.15, -0.1) is 0 Å². The molecular weight excluding hydrogens is 324 g/mol. The quantitative estimate of drug-likeness (QED) is 0.836. The predicted molar refractivity (Wildman–Crippen MR) is 107 cm³/mol. The number of hydrogen-bond donors (Lipinski definition) is 2. The maximum atomic E-state index is 10.5. The first-order valence-electron chi connectivity index (χ1n) is 9.19. The highest BCUT2D eigenvalue weighted by atomic mass is 16.5. The molecule has 0 amide bonds. The number of hydrogen-bond acceptors (Lipinski definition) is 3. The Bertz CT molecular complexity index is 736. The molecule has 4 heteroatoms. The fourth-order valence-corrected chi connectivity index (χ4v) is 3.42. The number of benzene rings is 2. The number of aliphatic hydroxyl groups is 1. The standard InChI is InChI=1S/C22H28N2O2/c1-23(2)20-8-4-17(5-9-20)18-12-14-24(15-13-18)16-22(25)19-6-10-21(26-3)11-7-19/h4-12,22,25H,13-16H2,1-3H3/p+1/t22-/m0/s1. The molecule has 2 atom stereocenters. The van der Waals surface area contributed by atoms with Crippen LogP contribution in [0.25, 0.3) is 5.57 Å². The van der Waals surface area contributed by atoms with Gasteiger partial charge in [0.15, 0.2) is 0 Å². The molecule has 26 heavy (non-hydrogen) atoms. The first-order valence-corrected chi connectivity index (χ1v) is 9.19. The van der Waals surface area contributed by atoms with E-state index in [4.69, 9.17) is 4.74 Å². The zero-order chi connectivity index (χ0) is 18.5. The molecule has 2 aromatic carbocycles. The Hall–Kier alpha value is -2.30. The van der Waals surface area contributed by atoms with Gasteiger partial charge in [-0.25, -0.2) is 0 Å². The van der Waals surface area contributed by atoms with Crippen molar-refractivity contribution >= 4 is 11.3 Å². The summed E-state index contributed by atoms with van der Waals surface area (Å²) in [6, 6.07) is 16.4. The lowest BCUT2D eigenvalue weighted by atomic mass is 9.98. The van der Waals surface area contributed by atoms with Gasteiger partial charge >= 0.3 is 0 Å². The molecule has 4 nitrogen and oxygen atoms in total. The van der Waals surface area contributed by atoms with Crippen molar-refractivity contribution in [2.45, 2.75) is 12.5 Å². The third kappa shape index (κ3) is 4.45. The highest BCUT2D eigenvalue weighted by Crippen LogP contribution is 2.22. The molecular formula is C22H29N2O2+. The molecule has 2 aromatic rings. The monoisotopic (exact) mass is 353 g/mol. The molecule has 0 spiro atoms. The molecule has 0 aliphatic carbocycles. The van der Waals surface area contributed by atoms with Crippen LogP contribution in [0.15, 0.2) is 54.6 Å². The van der Waals surface area contributed by atoms with Crippen molar-refractivity contribution in [1.29, 1.82) is 0 Å². The van der Waals surface area contributed by atoms with E-state index in [0.717, 1.165) is 37.4 Å². The molecule has 0 aromatic heterocycles. The van der Waals surface area contributed by atoms with E-state index in [9.17, 15) is 5.11 Å². The van der Waals surface area contributed by atoms with Gasteiger partial charge in [0.2, 0.25) is 0 Å². The lowest BCUT2D eigenvalue weighted by molar-refractivity contribution is -0.898. The predicted octanol–water partition coefficient (Wildman–Crippen LogP) is 2.17. The maximum Gasteiger partial charge on any atom is 0.128 e. The lowest BCUT2D eigenvalue weighted by Crippen LogP contribution is -3.12. The molecule has 2 N–H and O–H groups in total. The van der Waals surface area contributed by atoms with E-state index in [1.165, 1.54) is 21.7 Å². The second-order valence-electron chi connectivity index (χ2n) is 7.12. The SMILES string of the molecule is COc1ccc([C@@H](O)C[NH+]2CC=C(c3ccc(N(C)C)cc3)CC2)cc1. The van der Waals surface area contributed by atoms with Crippen molar-refractivity contribution in [2.24, 2.45) is 0 Å². The van der Waals surface area contributed by atoms with Crippen LogP contribution >= 0.6 is 0 Å². The molecule has 138 valence electrons. The van der Waals surface area contributed by atoms with Crippen LogP contribution in [-0.2, 0) is 0 Å². The summed E-state index contributed by atoms with van der Waals surface area (Å²) in [5.74, 6) is 0.819. The Morgan fingerprint density at radius 2 is 1.77 bits per heavy atom. The summed E-state index contributed by atoms with van der Waals surface area (Å²) in [4.78, 5) is 3.54. The number of aliphatic hydroxyl groups excluding tert-OH is 1. The Morgan fingerprint density at radius 3 is 2.31 bits per heavy atom. The average Bonchev–Trinajstić information content (AvgIpc) is 2.68. The zero-order valence-corrected chi connectivity index (χ0v) is 15.9. The first kappa shape index (κ1) is 18.5. The van der Waals surface area contributed by atoms with Crippen molar-refractivity contribution in [2.75, 3.05) is 45.7 Å². The summed E-state index contributed by atoms with van der Waals surface area (Å²) < 4.78 is 5.18. The van der Waals surface area contributed by atoms with Crippen LogP contribution in [0.4, 0.5) is 5.69 Å². The minimum atomic E-state index is -0.440. The van der Waals surface area contributed by atoms with E-state index in [1.54, 1.807) is 7.11 Å². The average molecular weight is 353 g/mol. The van der Waals surface area contributed by atoms with Crippen molar-refractivity contribution in [3.63, 3.8) is 0 Å². The van der Waals surface area contributed by atoms with Gasteiger partial charge in [-0.3, -0.25) is 0 Å². The van der Waals surface area contributed by atoms with E-state index in [2.05, 4.69) is 49.3 Å². The number of anilines is 1. The molecule has 3 rings (SSSR count). The summed E-state index contributed by atoms with van der Waals surface area (Å²) >= 11 is 0. The van der Waals surface area contributed by atoms with Crippen LogP contribution in [0.5, 0.6) is 5.75 Å². The molecule has 0 fully saturated rings. The van der Waals surface area contributed by atoms with Gasteiger partial charge in [-0.1, -0.05) is 24.3 Å². The molecule has 0 saturated carbocycles. The van der Waals surface area contributed by atoms with Gasteiger partial charge in [0.05, 0.1) is 20.2 Å². The number of ether oxygens (including phenoxy) is 1. The maximum absolute atomic E-state index is 10.5. The van der Waals surface area contributed by atoms with Crippen LogP contribution < -0.4 is 14.5 Å². The first-order chi connectivity index (χ1) is 12.6. The fourth-order valence-electron chi connectivity index (χ4n) is 3.42. The third-order valence-electron chi connectivity index (χ3n) is 5.12. The minimum Gasteiger partial charge on any atom is -0.497 e. The van der Waals surface area contributed by atoms with Gasteiger partial charge < -0.3 is 19.6 Å². The minimum absolute atomic E-state index is 0.440. The van der Waals surface area contributed by atoms with Crippen LogP contribution in [-0.4, -0.2) is 45.9 Å². The molecule has 0 bridgehead atoms. The number of nitrogens with zero attached hydrogens (tertiary/aromatic N) is 1. The Labute approximate surface area is 156 Å². The lowest BCUT2D eigenvalue weighted by Gasteiger charge is -2.26. The van der Waals surface area contributed by atoms with Crippen molar-refractivity contribution in [3.05, 3.63) is 65.7 Å². The summed E-state index contributed by atoms with van der Waals surface area (Å²) in [5, 5.41) is 10.5. The van der Waals surface area contributed by atoms with E-state index >= 15 is 0 Å². The number of quaternary nitrogens is 1. The van der Waals surface area contributed by atoms with Crippen molar-refractivity contribution in [1.82, 2.24) is 0 Å². The van der Waals surface area contributed by atoms with Crippen LogP contribution in [0.2, 0.25) is 0 Å². The van der Waals surface area contributed by atoms with Gasteiger partial charge in [0.1, 0.15) is 18.4 Å². The summed E-state index contributed by atoms with van der Waals surface area (Å²) in [6.07, 6.45) is 2.93. The second-order valence-corrected chi connectivity index (χ2v) is 7.12. The van der Waals surface area contributed by atoms with Crippen molar-refractivity contribution < 1.29 is 14.7 Å². The molecule has 1 unspecified atom stereocenters. The molecule has 0 radical (unpaired) electrons. The normalized spacial score (nSPS) is 18.2. The van der Waals surface area contributed by atoms with Crippen LogP contribution in [0.3, 0.4) is 0 Å². The van der Waals surface area contributed by atoms with E-state index in [0.29, 0.717) is 0 Å². The van der Waals surface area contributed by atoms with Crippen molar-refractivity contribution in [3.8, 4) is 5.75 Å². The number of nitrogens with one attached hydrogen (secondary N) is 1. The van der Waals surface area contributed by atoms with E-state index in [1.807, 2.05) is 24.3 Å². The van der Waals surface area contributed by atoms with Crippen LogP contribution in [0, 0.1) is 0 Å². The number of rotatable bonds is 6. The third-order valence-corrected chi connectivity index (χ3v) is 5.12. The van der Waals surface area contributed by atoms with E-state index in [-0.39, 0.29) is 0 Å². The largest absolute Gasteiger partial charge is 0.497 e. The summed E-state index contributed by atoms with van der Waals surface area (Å²) in [7, 11) is 5.77. The van der Waals surface area contributed by atoms with Crippen LogP contribution in [0.1, 0.15) is 23.7 Å². The zero-order valence-electron chi connectivity index (χ0n) is 15.9. The summed E-state index contributed by atoms with van der Waals surface area (Å²) in [5.41, 5.74) is 4.90. The molecule has 0 saturated heterocycles. The molecule has 1 aliphatic heterocycles. The highest BCUT2D eigenvalue weighted by Gasteiger charge is 2.20. The van der Waals surface area contributed by atoms with Gasteiger partial charge in [0.25, 0.3) is 0 Å². The Balaban J connectivity index is 1.58. The topological polar surface area (TPSA) is 37.1 Å². The molecule has 1 aliphatic rings. The Morgan fingerprint density at radius 1 is 1.08 bits per heavy atom. The Kier molecular flexibility index (Phi) is 5.96. The number of methoxy groups -OCH3 is 1. The fraction of sp³-hybridized carbons (Fsp3) is 0.364.